The van der Waals surface area contributed by atoms with Crippen molar-refractivity contribution in [3.8, 4) is 0 Å². The number of hydrogen-bond donors (Lipinski definition) is 1. The zero-order valence-electron chi connectivity index (χ0n) is 7.10. The molecule has 13 heavy (non-hydrogen) atoms. The van der Waals surface area contributed by atoms with Gasteiger partial charge in [-0.3, -0.25) is 9.69 Å². The van der Waals surface area contributed by atoms with Crippen LogP contribution in [0, 0.1) is 0 Å². The molecule has 72 valence electrons. The summed E-state index contributed by atoms with van der Waals surface area (Å²) in [5.41, 5.74) is 0. The maximum atomic E-state index is 11.0. The maximum absolute atomic E-state index is 11.0. The Morgan fingerprint density at radius 1 is 1.85 bits per heavy atom. The molecule has 1 amide bonds. The number of hydrogen-bond acceptors (Lipinski definition) is 4. The third kappa shape index (κ3) is 2.29. The van der Waals surface area contributed by atoms with E-state index in [9.17, 15) is 9.59 Å². The molecule has 0 aromatic rings. The molecule has 1 heterocycles. The van der Waals surface area contributed by atoms with Crippen LogP contribution < -0.4 is 0 Å². The van der Waals surface area contributed by atoms with Gasteiger partial charge < -0.3 is 9.84 Å². The van der Waals surface area contributed by atoms with Crippen LogP contribution in [0.3, 0.4) is 0 Å². The minimum atomic E-state index is -0.561. The Balaban J connectivity index is 2.48. The van der Waals surface area contributed by atoms with E-state index >= 15 is 0 Å². The van der Waals surface area contributed by atoms with Crippen LogP contribution in [0.5, 0.6) is 0 Å². The Morgan fingerprint density at radius 2 is 2.54 bits per heavy atom. The van der Waals surface area contributed by atoms with Gasteiger partial charge >= 0.3 is 6.09 Å². The van der Waals surface area contributed by atoms with E-state index in [1.807, 2.05) is 0 Å². The molecule has 1 fully saturated rings. The summed E-state index contributed by atoms with van der Waals surface area (Å²) >= 11 is 0. The van der Waals surface area contributed by atoms with Crippen molar-refractivity contribution >= 4 is 11.9 Å². The number of ether oxygens (including phenoxy) is 1. The van der Waals surface area contributed by atoms with Gasteiger partial charge in [0.2, 0.25) is 0 Å². The summed E-state index contributed by atoms with van der Waals surface area (Å²) in [7, 11) is 0. The number of carbonyl (C=O) groups is 2. The van der Waals surface area contributed by atoms with E-state index in [0.717, 1.165) is 6.08 Å². The minimum Gasteiger partial charge on any atom is -0.442 e. The van der Waals surface area contributed by atoms with Crippen LogP contribution in [0.1, 0.15) is 0 Å². The van der Waals surface area contributed by atoms with Crippen LogP contribution in [-0.4, -0.2) is 47.7 Å². The van der Waals surface area contributed by atoms with Gasteiger partial charge in [-0.25, -0.2) is 4.79 Å². The number of cyclic esters (lactones) is 1. The molecular formula is C8H11NO4. The second-order valence-corrected chi connectivity index (χ2v) is 2.74. The summed E-state index contributed by atoms with van der Waals surface area (Å²) < 4.78 is 4.72. The summed E-state index contributed by atoms with van der Waals surface area (Å²) in [6.45, 7) is 3.30. The topological polar surface area (TPSA) is 66.8 Å². The quantitative estimate of drug-likeness (QED) is 0.602. The first kappa shape index (κ1) is 9.73. The zero-order valence-corrected chi connectivity index (χ0v) is 7.10. The lowest BCUT2D eigenvalue weighted by molar-refractivity contribution is -0.115. The molecule has 1 atom stereocenters. The highest BCUT2D eigenvalue weighted by atomic mass is 16.6. The first-order valence-electron chi connectivity index (χ1n) is 3.89. The van der Waals surface area contributed by atoms with Gasteiger partial charge in [-0.2, -0.15) is 0 Å². The van der Waals surface area contributed by atoms with Crippen molar-refractivity contribution in [1.82, 2.24) is 4.90 Å². The number of aliphatic hydroxyl groups is 1. The van der Waals surface area contributed by atoms with E-state index in [2.05, 4.69) is 6.58 Å². The Labute approximate surface area is 75.6 Å². The van der Waals surface area contributed by atoms with Crippen molar-refractivity contribution < 1.29 is 19.4 Å². The normalized spacial score (nSPS) is 21.5. The van der Waals surface area contributed by atoms with Gasteiger partial charge in [-0.1, -0.05) is 6.58 Å². The molecular weight excluding hydrogens is 174 g/mol. The van der Waals surface area contributed by atoms with E-state index in [4.69, 9.17) is 9.84 Å². The molecule has 1 rings (SSSR count). The Bertz CT molecular complexity index is 238. The van der Waals surface area contributed by atoms with Crippen LogP contribution in [-0.2, 0) is 9.53 Å². The standard InChI is InChI=1S/C8H11NO4/c1-2-6(11)3-9-4-7(5-10)13-8(9)12/h2,7,10H,1,3-5H2. The van der Waals surface area contributed by atoms with Crippen LogP contribution in [0.4, 0.5) is 4.79 Å². The predicted octanol–water partition coefficient (Wildman–Crippen LogP) is -0.445. The van der Waals surface area contributed by atoms with Gasteiger partial charge in [0.05, 0.1) is 19.7 Å². The summed E-state index contributed by atoms with van der Waals surface area (Å²) in [5, 5.41) is 8.68. The molecule has 0 radical (unpaired) electrons. The molecule has 1 aliphatic rings. The predicted molar refractivity (Wildman–Crippen MR) is 44.1 cm³/mol. The number of rotatable bonds is 4. The summed E-state index contributed by atoms with van der Waals surface area (Å²) in [6, 6.07) is 0. The number of amides is 1. The number of aliphatic hydroxyl groups excluding tert-OH is 1. The SMILES string of the molecule is C=CC(=O)CN1CC(CO)OC1=O. The molecule has 1 saturated heterocycles. The lowest BCUT2D eigenvalue weighted by Gasteiger charge is -2.08. The third-order valence-electron chi connectivity index (χ3n) is 1.73. The highest BCUT2D eigenvalue weighted by molar-refractivity contribution is 5.92. The first-order valence-corrected chi connectivity index (χ1v) is 3.89. The molecule has 5 heteroatoms. The molecule has 0 spiro atoms. The largest absolute Gasteiger partial charge is 0.442 e. The number of ketones is 1. The van der Waals surface area contributed by atoms with E-state index in [0.29, 0.717) is 0 Å². The second-order valence-electron chi connectivity index (χ2n) is 2.74. The van der Waals surface area contributed by atoms with Gasteiger partial charge in [-0.15, -0.1) is 0 Å². The van der Waals surface area contributed by atoms with Crippen LogP contribution in [0.15, 0.2) is 12.7 Å². The summed E-state index contributed by atoms with van der Waals surface area (Å²) in [5.74, 6) is -0.240. The number of carbonyl (C=O) groups excluding carboxylic acids is 2. The molecule has 1 unspecified atom stereocenters. The fourth-order valence-corrected chi connectivity index (χ4v) is 1.05. The average Bonchev–Trinajstić information content (AvgIpc) is 2.47. The Hall–Kier alpha value is -1.36. The monoisotopic (exact) mass is 185 g/mol. The lowest BCUT2D eigenvalue weighted by Crippen LogP contribution is -2.30. The molecule has 1 aliphatic heterocycles. The third-order valence-corrected chi connectivity index (χ3v) is 1.73. The average molecular weight is 185 g/mol. The van der Waals surface area contributed by atoms with Crippen molar-refractivity contribution in [3.63, 3.8) is 0 Å². The highest BCUT2D eigenvalue weighted by Gasteiger charge is 2.31. The summed E-state index contributed by atoms with van der Waals surface area (Å²) in [6.07, 6.45) is 0.0823. The van der Waals surface area contributed by atoms with Crippen LogP contribution in [0.2, 0.25) is 0 Å². The van der Waals surface area contributed by atoms with Gasteiger partial charge in [0.1, 0.15) is 6.10 Å². The molecule has 0 aromatic heterocycles. The zero-order chi connectivity index (χ0) is 9.84. The molecule has 5 nitrogen and oxygen atoms in total. The lowest BCUT2D eigenvalue weighted by atomic mass is 10.3. The van der Waals surface area contributed by atoms with Crippen molar-refractivity contribution in [3.05, 3.63) is 12.7 Å². The van der Waals surface area contributed by atoms with Gasteiger partial charge in [0, 0.05) is 0 Å². The van der Waals surface area contributed by atoms with Crippen LogP contribution >= 0.6 is 0 Å². The second kappa shape index (κ2) is 4.04. The molecule has 0 aromatic carbocycles. The Morgan fingerprint density at radius 3 is 3.00 bits per heavy atom. The minimum absolute atomic E-state index is 0.0289. The van der Waals surface area contributed by atoms with Gasteiger partial charge in [0.25, 0.3) is 0 Å². The highest BCUT2D eigenvalue weighted by Crippen LogP contribution is 2.09. The van der Waals surface area contributed by atoms with E-state index < -0.39 is 12.2 Å². The molecule has 0 aliphatic carbocycles. The van der Waals surface area contributed by atoms with E-state index in [1.165, 1.54) is 4.90 Å². The fourth-order valence-electron chi connectivity index (χ4n) is 1.05. The maximum Gasteiger partial charge on any atom is 0.410 e. The van der Waals surface area contributed by atoms with Crippen molar-refractivity contribution in [2.24, 2.45) is 0 Å². The molecule has 1 N–H and O–H groups in total. The fraction of sp³-hybridized carbons (Fsp3) is 0.500. The van der Waals surface area contributed by atoms with Crippen molar-refractivity contribution in [1.29, 1.82) is 0 Å². The summed E-state index contributed by atoms with van der Waals surface area (Å²) in [4.78, 5) is 23.1. The van der Waals surface area contributed by atoms with Crippen LogP contribution in [0.25, 0.3) is 0 Å². The van der Waals surface area contributed by atoms with Gasteiger partial charge in [-0.05, 0) is 6.08 Å². The van der Waals surface area contributed by atoms with E-state index in [-0.39, 0.29) is 25.5 Å². The van der Waals surface area contributed by atoms with Gasteiger partial charge in [0.15, 0.2) is 5.78 Å². The smallest absolute Gasteiger partial charge is 0.410 e. The Kier molecular flexibility index (Phi) is 3.02. The van der Waals surface area contributed by atoms with Crippen molar-refractivity contribution in [2.75, 3.05) is 19.7 Å². The molecule has 0 bridgehead atoms. The number of nitrogens with zero attached hydrogens (tertiary/aromatic N) is 1. The van der Waals surface area contributed by atoms with E-state index in [1.54, 1.807) is 0 Å². The first-order chi connectivity index (χ1) is 6.17. The molecule has 0 saturated carbocycles. The van der Waals surface area contributed by atoms with Crippen molar-refractivity contribution in [2.45, 2.75) is 6.10 Å².